The lowest BCUT2D eigenvalue weighted by Crippen LogP contribution is -2.41. The van der Waals surface area contributed by atoms with Crippen LogP contribution in [-0.2, 0) is 0 Å². The number of hydrogen-bond donors (Lipinski definition) is 1. The Labute approximate surface area is 103 Å². The topological polar surface area (TPSA) is 28.2 Å². The molecule has 0 saturated carbocycles. The molecular formula is C14H21N3. The maximum Gasteiger partial charge on any atom is 0.0399 e. The first-order valence-electron chi connectivity index (χ1n) is 6.66. The number of nitrogens with one attached hydrogen (secondary N) is 1. The molecule has 2 aliphatic heterocycles. The molecule has 3 heterocycles. The number of pyridine rings is 1. The maximum atomic E-state index is 4.27. The molecule has 0 aromatic carbocycles. The first-order chi connectivity index (χ1) is 8.27. The average molecular weight is 231 g/mol. The van der Waals surface area contributed by atoms with Crippen molar-refractivity contribution in [2.75, 3.05) is 31.1 Å². The second kappa shape index (κ2) is 4.30. The van der Waals surface area contributed by atoms with Crippen LogP contribution >= 0.6 is 0 Å². The van der Waals surface area contributed by atoms with Crippen molar-refractivity contribution in [2.45, 2.75) is 26.2 Å². The fraction of sp³-hybridized carbons (Fsp3) is 0.643. The Morgan fingerprint density at radius 2 is 2.12 bits per heavy atom. The lowest BCUT2D eigenvalue weighted by Gasteiger charge is -2.40. The van der Waals surface area contributed by atoms with Crippen LogP contribution in [0.1, 0.15) is 25.0 Å². The van der Waals surface area contributed by atoms with Crippen LogP contribution in [0.15, 0.2) is 18.3 Å². The van der Waals surface area contributed by atoms with Crippen LogP contribution < -0.4 is 10.2 Å². The van der Waals surface area contributed by atoms with Crippen LogP contribution in [-0.4, -0.2) is 31.2 Å². The Bertz CT molecular complexity index is 386. The van der Waals surface area contributed by atoms with E-state index in [0.717, 1.165) is 5.69 Å². The van der Waals surface area contributed by atoms with Gasteiger partial charge in [-0.3, -0.25) is 4.98 Å². The van der Waals surface area contributed by atoms with Gasteiger partial charge in [-0.05, 0) is 50.3 Å². The van der Waals surface area contributed by atoms with Crippen LogP contribution in [0.5, 0.6) is 0 Å². The zero-order valence-electron chi connectivity index (χ0n) is 10.6. The van der Waals surface area contributed by atoms with Crippen molar-refractivity contribution in [3.05, 3.63) is 24.0 Å². The van der Waals surface area contributed by atoms with Crippen molar-refractivity contribution < 1.29 is 0 Å². The van der Waals surface area contributed by atoms with Crippen LogP contribution in [0, 0.1) is 12.3 Å². The molecule has 0 aliphatic carbocycles. The van der Waals surface area contributed by atoms with E-state index in [1.165, 1.54) is 51.1 Å². The van der Waals surface area contributed by atoms with E-state index in [1.54, 1.807) is 0 Å². The minimum Gasteiger partial charge on any atom is -0.371 e. The third-order valence-corrected chi connectivity index (χ3v) is 4.40. The van der Waals surface area contributed by atoms with Crippen LogP contribution in [0.25, 0.3) is 0 Å². The first kappa shape index (κ1) is 11.0. The fourth-order valence-corrected chi connectivity index (χ4v) is 3.19. The van der Waals surface area contributed by atoms with E-state index in [9.17, 15) is 0 Å². The van der Waals surface area contributed by atoms with E-state index in [2.05, 4.69) is 34.3 Å². The molecule has 1 aromatic rings. The summed E-state index contributed by atoms with van der Waals surface area (Å²) < 4.78 is 0. The molecule has 3 rings (SSSR count). The second-order valence-electron chi connectivity index (χ2n) is 5.57. The monoisotopic (exact) mass is 231 g/mol. The third kappa shape index (κ3) is 2.16. The number of rotatable bonds is 1. The summed E-state index contributed by atoms with van der Waals surface area (Å²) in [4.78, 5) is 6.78. The summed E-state index contributed by atoms with van der Waals surface area (Å²) in [5.74, 6) is 0. The Kier molecular flexibility index (Phi) is 2.79. The first-order valence-corrected chi connectivity index (χ1v) is 6.66. The van der Waals surface area contributed by atoms with Gasteiger partial charge < -0.3 is 10.2 Å². The van der Waals surface area contributed by atoms with Gasteiger partial charge in [-0.25, -0.2) is 0 Å². The van der Waals surface area contributed by atoms with E-state index in [-0.39, 0.29) is 0 Å². The molecule has 1 aromatic heterocycles. The Morgan fingerprint density at radius 3 is 2.76 bits per heavy atom. The van der Waals surface area contributed by atoms with Crippen molar-refractivity contribution >= 4 is 5.69 Å². The number of aryl methyl sites for hydroxylation is 1. The molecule has 2 aliphatic rings. The fourth-order valence-electron chi connectivity index (χ4n) is 3.19. The van der Waals surface area contributed by atoms with Gasteiger partial charge in [0.15, 0.2) is 0 Å². The molecule has 1 spiro atoms. The third-order valence-electron chi connectivity index (χ3n) is 4.40. The van der Waals surface area contributed by atoms with E-state index in [1.807, 2.05) is 6.20 Å². The number of hydrogen-bond acceptors (Lipinski definition) is 3. The van der Waals surface area contributed by atoms with Gasteiger partial charge in [-0.2, -0.15) is 0 Å². The molecule has 2 saturated heterocycles. The summed E-state index contributed by atoms with van der Waals surface area (Å²) in [5, 5.41) is 3.52. The summed E-state index contributed by atoms with van der Waals surface area (Å²) in [6, 6.07) is 4.34. The van der Waals surface area contributed by atoms with Gasteiger partial charge in [0, 0.05) is 37.2 Å². The molecule has 0 unspecified atom stereocenters. The highest BCUT2D eigenvalue weighted by Gasteiger charge is 2.36. The number of anilines is 1. The molecule has 0 amide bonds. The molecular weight excluding hydrogens is 210 g/mol. The number of nitrogens with zero attached hydrogens (tertiary/aromatic N) is 2. The predicted octanol–water partition coefficient (Wildman–Crippen LogP) is 1.97. The highest BCUT2D eigenvalue weighted by molar-refractivity contribution is 5.46. The molecule has 92 valence electrons. The minimum atomic E-state index is 0.610. The van der Waals surface area contributed by atoms with Gasteiger partial charge in [0.2, 0.25) is 0 Å². The van der Waals surface area contributed by atoms with Gasteiger partial charge in [-0.1, -0.05) is 0 Å². The van der Waals surface area contributed by atoms with E-state index >= 15 is 0 Å². The van der Waals surface area contributed by atoms with Crippen LogP contribution in [0.3, 0.4) is 0 Å². The Hall–Kier alpha value is -1.09. The van der Waals surface area contributed by atoms with E-state index in [0.29, 0.717) is 5.41 Å². The molecule has 3 heteroatoms. The van der Waals surface area contributed by atoms with Crippen molar-refractivity contribution in [1.29, 1.82) is 0 Å². The SMILES string of the molecule is Cc1cc(N2CCC3(CCNC3)CC2)ccn1. The predicted molar refractivity (Wildman–Crippen MR) is 70.3 cm³/mol. The zero-order valence-corrected chi connectivity index (χ0v) is 10.6. The summed E-state index contributed by atoms with van der Waals surface area (Å²) in [6.45, 7) is 6.91. The lowest BCUT2D eigenvalue weighted by molar-refractivity contribution is 0.247. The van der Waals surface area contributed by atoms with Crippen molar-refractivity contribution in [2.24, 2.45) is 5.41 Å². The van der Waals surface area contributed by atoms with Crippen molar-refractivity contribution in [1.82, 2.24) is 10.3 Å². The molecule has 0 radical (unpaired) electrons. The number of piperidine rings is 1. The average Bonchev–Trinajstić information content (AvgIpc) is 2.79. The highest BCUT2D eigenvalue weighted by Crippen LogP contribution is 2.38. The smallest absolute Gasteiger partial charge is 0.0399 e. The van der Waals surface area contributed by atoms with Crippen LogP contribution in [0.4, 0.5) is 5.69 Å². The Morgan fingerprint density at radius 1 is 1.29 bits per heavy atom. The van der Waals surface area contributed by atoms with Gasteiger partial charge in [0.1, 0.15) is 0 Å². The molecule has 2 fully saturated rings. The lowest BCUT2D eigenvalue weighted by atomic mass is 9.78. The van der Waals surface area contributed by atoms with Crippen molar-refractivity contribution in [3.63, 3.8) is 0 Å². The van der Waals surface area contributed by atoms with E-state index in [4.69, 9.17) is 0 Å². The molecule has 17 heavy (non-hydrogen) atoms. The van der Waals surface area contributed by atoms with E-state index < -0.39 is 0 Å². The largest absolute Gasteiger partial charge is 0.371 e. The molecule has 0 bridgehead atoms. The summed E-state index contributed by atoms with van der Waals surface area (Å²) in [6.07, 6.45) is 5.96. The van der Waals surface area contributed by atoms with Gasteiger partial charge >= 0.3 is 0 Å². The van der Waals surface area contributed by atoms with Gasteiger partial charge in [-0.15, -0.1) is 0 Å². The summed E-state index contributed by atoms with van der Waals surface area (Å²) >= 11 is 0. The zero-order chi connectivity index (χ0) is 11.7. The maximum absolute atomic E-state index is 4.27. The Balaban J connectivity index is 1.68. The molecule has 0 atom stereocenters. The molecule has 1 N–H and O–H groups in total. The van der Waals surface area contributed by atoms with Crippen molar-refractivity contribution in [3.8, 4) is 0 Å². The normalized spacial score (nSPS) is 23.2. The second-order valence-corrected chi connectivity index (χ2v) is 5.57. The summed E-state index contributed by atoms with van der Waals surface area (Å²) in [5.41, 5.74) is 3.07. The quantitative estimate of drug-likeness (QED) is 0.801. The number of aromatic nitrogens is 1. The van der Waals surface area contributed by atoms with Gasteiger partial charge in [0.05, 0.1) is 0 Å². The van der Waals surface area contributed by atoms with Crippen LogP contribution in [0.2, 0.25) is 0 Å². The van der Waals surface area contributed by atoms with Gasteiger partial charge in [0.25, 0.3) is 0 Å². The standard InChI is InChI=1S/C14H21N3/c1-12-10-13(2-6-16-12)17-8-4-14(5-9-17)3-7-15-11-14/h2,6,10,15H,3-5,7-9,11H2,1H3. The highest BCUT2D eigenvalue weighted by atomic mass is 15.1. The molecule has 3 nitrogen and oxygen atoms in total. The minimum absolute atomic E-state index is 0.610. The summed E-state index contributed by atoms with van der Waals surface area (Å²) in [7, 11) is 0.